The molecule has 1 unspecified atom stereocenters. The third-order valence-corrected chi connectivity index (χ3v) is 5.00. The SMILES string of the molecule is CCC(C)(CNC(=O)N1CCOCC2(CCC2)C1)OC. The van der Waals surface area contributed by atoms with E-state index in [1.54, 1.807) is 7.11 Å². The summed E-state index contributed by atoms with van der Waals surface area (Å²) in [5.41, 5.74) is -0.0602. The van der Waals surface area contributed by atoms with Gasteiger partial charge in [-0.25, -0.2) is 4.79 Å². The van der Waals surface area contributed by atoms with Crippen molar-refractivity contribution in [2.45, 2.75) is 45.1 Å². The zero-order valence-electron chi connectivity index (χ0n) is 13.0. The Balaban J connectivity index is 1.87. The van der Waals surface area contributed by atoms with Gasteiger partial charge in [-0.2, -0.15) is 0 Å². The van der Waals surface area contributed by atoms with Crippen LogP contribution in [0.25, 0.3) is 0 Å². The Morgan fingerprint density at radius 2 is 2.25 bits per heavy atom. The van der Waals surface area contributed by atoms with E-state index in [1.807, 2.05) is 11.8 Å². The van der Waals surface area contributed by atoms with Crippen LogP contribution in [-0.4, -0.2) is 56.5 Å². The number of nitrogens with one attached hydrogen (secondary N) is 1. The molecule has 20 heavy (non-hydrogen) atoms. The molecule has 2 rings (SSSR count). The first-order valence-electron chi connectivity index (χ1n) is 7.68. The number of methoxy groups -OCH3 is 1. The standard InChI is InChI=1S/C15H28N2O3/c1-4-14(2,19-3)10-16-13(18)17-8-9-20-12-15(11-17)6-5-7-15/h4-12H2,1-3H3,(H,16,18). The van der Waals surface area contributed by atoms with Gasteiger partial charge in [0.1, 0.15) is 0 Å². The molecule has 5 heteroatoms. The molecule has 2 amide bonds. The van der Waals surface area contributed by atoms with Gasteiger partial charge in [0, 0.05) is 32.2 Å². The molecule has 1 aliphatic carbocycles. The van der Waals surface area contributed by atoms with E-state index in [0.717, 1.165) is 19.6 Å². The molecule has 1 saturated carbocycles. The highest BCUT2D eigenvalue weighted by Gasteiger charge is 2.41. The summed E-state index contributed by atoms with van der Waals surface area (Å²) in [6, 6.07) is 0.0125. The lowest BCUT2D eigenvalue weighted by Crippen LogP contribution is -2.51. The van der Waals surface area contributed by atoms with E-state index >= 15 is 0 Å². The summed E-state index contributed by atoms with van der Waals surface area (Å²) >= 11 is 0. The van der Waals surface area contributed by atoms with Crippen molar-refractivity contribution in [3.8, 4) is 0 Å². The highest BCUT2D eigenvalue weighted by molar-refractivity contribution is 5.74. The molecular formula is C15H28N2O3. The Labute approximate surface area is 122 Å². The zero-order valence-corrected chi connectivity index (χ0v) is 13.0. The number of ether oxygens (including phenoxy) is 2. The summed E-state index contributed by atoms with van der Waals surface area (Å²) in [7, 11) is 1.69. The summed E-state index contributed by atoms with van der Waals surface area (Å²) in [6.45, 7) is 7.60. The third kappa shape index (κ3) is 3.44. The number of rotatable bonds is 4. The lowest BCUT2D eigenvalue weighted by Gasteiger charge is -2.42. The average Bonchev–Trinajstić information content (AvgIpc) is 2.67. The zero-order chi connectivity index (χ0) is 14.6. The Kier molecular flexibility index (Phi) is 4.91. The lowest BCUT2D eigenvalue weighted by atomic mass is 9.69. The monoisotopic (exact) mass is 284 g/mol. The van der Waals surface area contributed by atoms with Crippen LogP contribution in [-0.2, 0) is 9.47 Å². The van der Waals surface area contributed by atoms with Gasteiger partial charge in [0.05, 0.1) is 18.8 Å². The van der Waals surface area contributed by atoms with E-state index in [9.17, 15) is 4.79 Å². The van der Waals surface area contributed by atoms with E-state index < -0.39 is 0 Å². The highest BCUT2D eigenvalue weighted by atomic mass is 16.5. The summed E-state index contributed by atoms with van der Waals surface area (Å²) in [5.74, 6) is 0. The Morgan fingerprint density at radius 3 is 2.80 bits per heavy atom. The molecule has 1 heterocycles. The first kappa shape index (κ1) is 15.6. The van der Waals surface area contributed by atoms with Crippen LogP contribution in [0.2, 0.25) is 0 Å². The van der Waals surface area contributed by atoms with Crippen molar-refractivity contribution in [1.29, 1.82) is 0 Å². The van der Waals surface area contributed by atoms with Crippen molar-refractivity contribution < 1.29 is 14.3 Å². The molecule has 0 aromatic rings. The molecule has 1 N–H and O–H groups in total. The minimum absolute atomic E-state index is 0.0125. The second-order valence-corrected chi connectivity index (χ2v) is 6.49. The number of nitrogens with zero attached hydrogens (tertiary/aromatic N) is 1. The van der Waals surface area contributed by atoms with Gasteiger partial charge in [0.25, 0.3) is 0 Å². The second-order valence-electron chi connectivity index (χ2n) is 6.49. The first-order chi connectivity index (χ1) is 9.52. The van der Waals surface area contributed by atoms with Crippen LogP contribution in [0.4, 0.5) is 4.79 Å². The van der Waals surface area contributed by atoms with Crippen molar-refractivity contribution >= 4 is 6.03 Å². The molecule has 116 valence electrons. The fraction of sp³-hybridized carbons (Fsp3) is 0.933. The van der Waals surface area contributed by atoms with Crippen molar-refractivity contribution in [1.82, 2.24) is 10.2 Å². The summed E-state index contributed by atoms with van der Waals surface area (Å²) in [4.78, 5) is 14.3. The molecule has 0 radical (unpaired) electrons. The van der Waals surface area contributed by atoms with Gasteiger partial charge >= 0.3 is 6.03 Å². The van der Waals surface area contributed by atoms with Gasteiger partial charge < -0.3 is 19.7 Å². The van der Waals surface area contributed by atoms with E-state index in [4.69, 9.17) is 9.47 Å². The molecule has 1 aliphatic heterocycles. The maximum atomic E-state index is 12.4. The number of hydrogen-bond acceptors (Lipinski definition) is 3. The minimum atomic E-state index is -0.286. The van der Waals surface area contributed by atoms with Crippen LogP contribution in [0, 0.1) is 5.41 Å². The van der Waals surface area contributed by atoms with E-state index in [1.165, 1.54) is 19.3 Å². The maximum Gasteiger partial charge on any atom is 0.317 e. The summed E-state index contributed by atoms with van der Waals surface area (Å²) in [6.07, 6.45) is 4.50. The molecule has 5 nitrogen and oxygen atoms in total. The second kappa shape index (κ2) is 6.31. The van der Waals surface area contributed by atoms with Crippen LogP contribution in [0.1, 0.15) is 39.5 Å². The molecule has 0 aromatic carbocycles. The van der Waals surface area contributed by atoms with Gasteiger partial charge in [-0.05, 0) is 26.2 Å². The minimum Gasteiger partial charge on any atom is -0.379 e. The van der Waals surface area contributed by atoms with Gasteiger partial charge in [-0.3, -0.25) is 0 Å². The van der Waals surface area contributed by atoms with Crippen LogP contribution in [0.5, 0.6) is 0 Å². The molecule has 2 aliphatic rings. The predicted octanol–water partition coefficient (Wildman–Crippen LogP) is 2.01. The lowest BCUT2D eigenvalue weighted by molar-refractivity contribution is 0.00309. The Bertz CT molecular complexity index is 338. The van der Waals surface area contributed by atoms with Gasteiger partial charge in [0.2, 0.25) is 0 Å². The topological polar surface area (TPSA) is 50.8 Å². The van der Waals surface area contributed by atoms with Gasteiger partial charge in [-0.15, -0.1) is 0 Å². The van der Waals surface area contributed by atoms with Gasteiger partial charge in [-0.1, -0.05) is 13.3 Å². The quantitative estimate of drug-likeness (QED) is 0.859. The van der Waals surface area contributed by atoms with Crippen molar-refractivity contribution in [2.24, 2.45) is 5.41 Å². The molecular weight excluding hydrogens is 256 g/mol. The Morgan fingerprint density at radius 1 is 1.50 bits per heavy atom. The normalized spacial score (nSPS) is 24.6. The third-order valence-electron chi connectivity index (χ3n) is 5.00. The molecule has 0 aromatic heterocycles. The smallest absolute Gasteiger partial charge is 0.317 e. The first-order valence-corrected chi connectivity index (χ1v) is 7.68. The van der Waals surface area contributed by atoms with Crippen LogP contribution < -0.4 is 5.32 Å². The fourth-order valence-corrected chi connectivity index (χ4v) is 2.86. The van der Waals surface area contributed by atoms with E-state index in [2.05, 4.69) is 12.2 Å². The van der Waals surface area contributed by atoms with Crippen molar-refractivity contribution in [3.05, 3.63) is 0 Å². The molecule has 1 atom stereocenters. The van der Waals surface area contributed by atoms with Crippen molar-refractivity contribution in [2.75, 3.05) is 40.0 Å². The van der Waals surface area contributed by atoms with E-state index in [0.29, 0.717) is 19.7 Å². The van der Waals surface area contributed by atoms with Gasteiger partial charge in [0.15, 0.2) is 0 Å². The van der Waals surface area contributed by atoms with Crippen LogP contribution >= 0.6 is 0 Å². The fourth-order valence-electron chi connectivity index (χ4n) is 2.86. The number of hydrogen-bond donors (Lipinski definition) is 1. The number of urea groups is 1. The number of carbonyl (C=O) groups excluding carboxylic acids is 1. The predicted molar refractivity (Wildman–Crippen MR) is 77.8 cm³/mol. The van der Waals surface area contributed by atoms with Crippen molar-refractivity contribution in [3.63, 3.8) is 0 Å². The summed E-state index contributed by atoms with van der Waals surface area (Å²) < 4.78 is 11.1. The van der Waals surface area contributed by atoms with Crippen LogP contribution in [0.3, 0.4) is 0 Å². The Hall–Kier alpha value is -0.810. The van der Waals surface area contributed by atoms with E-state index in [-0.39, 0.29) is 17.0 Å². The number of amides is 2. The van der Waals surface area contributed by atoms with Crippen LogP contribution in [0.15, 0.2) is 0 Å². The summed E-state index contributed by atoms with van der Waals surface area (Å²) in [5, 5.41) is 3.01. The number of carbonyl (C=O) groups is 1. The molecule has 1 spiro atoms. The maximum absolute atomic E-state index is 12.4. The largest absolute Gasteiger partial charge is 0.379 e. The molecule has 1 saturated heterocycles. The molecule has 2 fully saturated rings. The highest BCUT2D eigenvalue weighted by Crippen LogP contribution is 2.42. The molecule has 0 bridgehead atoms. The average molecular weight is 284 g/mol.